The Hall–Kier alpha value is -2.75. The summed E-state index contributed by atoms with van der Waals surface area (Å²) in [6.45, 7) is 1.61. The highest BCUT2D eigenvalue weighted by atomic mass is 32.2. The largest absolute Gasteiger partial charge is 0.496 e. The van der Waals surface area contributed by atoms with Gasteiger partial charge in [-0.05, 0) is 24.3 Å². The third kappa shape index (κ3) is 11.0. The van der Waals surface area contributed by atoms with Gasteiger partial charge in [-0.15, -0.1) is 11.8 Å². The highest BCUT2D eigenvalue weighted by Crippen LogP contribution is 2.28. The van der Waals surface area contributed by atoms with E-state index in [9.17, 15) is 5.11 Å². The van der Waals surface area contributed by atoms with E-state index in [1.165, 1.54) is 0 Å². The lowest BCUT2D eigenvalue weighted by atomic mass is 10.3. The number of thioether (sulfide) groups is 1. The molecule has 0 aliphatic heterocycles. The number of benzene rings is 2. The number of hydrogen-bond donors (Lipinski definition) is 4. The molecule has 2 rings (SSSR count). The molecule has 1 unspecified atom stereocenters. The van der Waals surface area contributed by atoms with Gasteiger partial charge in [0.15, 0.2) is 0 Å². The average molecular weight is 423 g/mol. The molecule has 0 radical (unpaired) electrons. The molecule has 2 aromatic carbocycles. The maximum Gasteiger partial charge on any atom is 0.414 e. The van der Waals surface area contributed by atoms with E-state index in [1.807, 2.05) is 54.6 Å². The summed E-state index contributed by atoms with van der Waals surface area (Å²) < 4.78 is 10.8. The Labute approximate surface area is 173 Å². The molecule has 2 aromatic rings. The highest BCUT2D eigenvalue weighted by molar-refractivity contribution is 7.99. The molecular formula is C20H25NO7S. The zero-order valence-corrected chi connectivity index (χ0v) is 16.8. The Morgan fingerprint density at radius 3 is 2.28 bits per heavy atom. The zero-order valence-electron chi connectivity index (χ0n) is 16.0. The Morgan fingerprint density at radius 1 is 1.03 bits per heavy atom. The van der Waals surface area contributed by atoms with Gasteiger partial charge in [-0.25, -0.2) is 9.59 Å². The van der Waals surface area contributed by atoms with Gasteiger partial charge in [0, 0.05) is 23.7 Å². The second kappa shape index (κ2) is 14.3. The van der Waals surface area contributed by atoms with Crippen LogP contribution in [0, 0.1) is 0 Å². The minimum absolute atomic E-state index is 0.288. The number of carbonyl (C=O) groups is 2. The van der Waals surface area contributed by atoms with Crippen molar-refractivity contribution in [1.29, 1.82) is 0 Å². The van der Waals surface area contributed by atoms with Crippen LogP contribution >= 0.6 is 11.8 Å². The first-order chi connectivity index (χ1) is 13.9. The minimum Gasteiger partial charge on any atom is -0.496 e. The molecule has 0 fully saturated rings. The van der Waals surface area contributed by atoms with Crippen molar-refractivity contribution in [1.82, 2.24) is 5.32 Å². The van der Waals surface area contributed by atoms with Crippen LogP contribution in [-0.2, 0) is 9.59 Å². The van der Waals surface area contributed by atoms with Gasteiger partial charge in [0.05, 0.1) is 7.11 Å². The molecule has 0 saturated heterocycles. The van der Waals surface area contributed by atoms with Crippen molar-refractivity contribution >= 4 is 23.7 Å². The van der Waals surface area contributed by atoms with Crippen molar-refractivity contribution in [3.8, 4) is 11.5 Å². The fourth-order valence-corrected chi connectivity index (χ4v) is 2.94. The predicted octanol–water partition coefficient (Wildman–Crippen LogP) is 1.97. The molecule has 0 aliphatic carbocycles. The number of hydrogen-bond acceptors (Lipinski definition) is 7. The van der Waals surface area contributed by atoms with E-state index in [1.54, 1.807) is 18.9 Å². The van der Waals surface area contributed by atoms with E-state index in [2.05, 4.69) is 5.32 Å². The molecule has 0 aliphatic rings. The molecule has 158 valence electrons. The van der Waals surface area contributed by atoms with Crippen LogP contribution in [0.1, 0.15) is 0 Å². The molecule has 9 heteroatoms. The van der Waals surface area contributed by atoms with Crippen LogP contribution in [-0.4, -0.2) is 65.9 Å². The molecule has 0 amide bonds. The van der Waals surface area contributed by atoms with Gasteiger partial charge in [0.2, 0.25) is 0 Å². The molecule has 0 bridgehead atoms. The third-order valence-corrected chi connectivity index (χ3v) is 4.41. The molecular weight excluding hydrogens is 398 g/mol. The van der Waals surface area contributed by atoms with Crippen LogP contribution < -0.4 is 14.8 Å². The number of methoxy groups -OCH3 is 1. The zero-order chi connectivity index (χ0) is 21.5. The molecule has 0 spiro atoms. The predicted molar refractivity (Wildman–Crippen MR) is 110 cm³/mol. The summed E-state index contributed by atoms with van der Waals surface area (Å²) in [5, 5.41) is 27.9. The summed E-state index contributed by atoms with van der Waals surface area (Å²) in [4.78, 5) is 19.3. The lowest BCUT2D eigenvalue weighted by Gasteiger charge is -2.13. The average Bonchev–Trinajstić information content (AvgIpc) is 2.73. The van der Waals surface area contributed by atoms with Crippen molar-refractivity contribution < 1.29 is 34.4 Å². The van der Waals surface area contributed by atoms with E-state index in [0.717, 1.165) is 28.7 Å². The van der Waals surface area contributed by atoms with Crippen molar-refractivity contribution in [2.24, 2.45) is 0 Å². The summed E-state index contributed by atoms with van der Waals surface area (Å²) >= 11 is 1.73. The van der Waals surface area contributed by atoms with Crippen LogP contribution in [0.15, 0.2) is 59.5 Å². The molecule has 4 N–H and O–H groups in total. The van der Waals surface area contributed by atoms with Gasteiger partial charge in [-0.2, -0.15) is 0 Å². The second-order valence-electron chi connectivity index (χ2n) is 5.59. The number of nitrogens with one attached hydrogen (secondary N) is 1. The topological polar surface area (TPSA) is 125 Å². The first-order valence-electron chi connectivity index (χ1n) is 8.72. The number of aliphatic hydroxyl groups excluding tert-OH is 1. The smallest absolute Gasteiger partial charge is 0.414 e. The molecule has 0 aromatic heterocycles. The van der Waals surface area contributed by atoms with Crippen molar-refractivity contribution in [2.45, 2.75) is 11.0 Å². The number of carboxylic acid groups (broad SMARTS) is 2. The number of carboxylic acids is 2. The van der Waals surface area contributed by atoms with Gasteiger partial charge < -0.3 is 30.1 Å². The van der Waals surface area contributed by atoms with E-state index >= 15 is 0 Å². The maximum atomic E-state index is 9.89. The quantitative estimate of drug-likeness (QED) is 0.258. The maximum absolute atomic E-state index is 9.89. The SMILES string of the molecule is COc1ccccc1SCCNCC(O)COc1ccccc1.O=C(O)C(=O)O. The highest BCUT2D eigenvalue weighted by Gasteiger charge is 2.06. The summed E-state index contributed by atoms with van der Waals surface area (Å²) in [5.74, 6) is -1.07. The number of aliphatic carboxylic acids is 2. The summed E-state index contributed by atoms with van der Waals surface area (Å²) in [6, 6.07) is 17.5. The fraction of sp³-hybridized carbons (Fsp3) is 0.300. The normalized spacial score (nSPS) is 11.0. The van der Waals surface area contributed by atoms with Crippen LogP contribution in [0.2, 0.25) is 0 Å². The molecule has 8 nitrogen and oxygen atoms in total. The lowest BCUT2D eigenvalue weighted by Crippen LogP contribution is -2.32. The van der Waals surface area contributed by atoms with Gasteiger partial charge in [0.1, 0.15) is 24.2 Å². The first kappa shape index (κ1) is 24.3. The molecule has 0 heterocycles. The van der Waals surface area contributed by atoms with Gasteiger partial charge in [0.25, 0.3) is 0 Å². The standard InChI is InChI=1S/C18H23NO3S.C2H2O4/c1-21-17-9-5-6-10-18(17)23-12-11-19-13-15(20)14-22-16-7-3-2-4-8-16;3-1(4)2(5)6/h2-10,15,19-20H,11-14H2,1H3;(H,3,4)(H,5,6). The van der Waals surface area contributed by atoms with E-state index in [0.29, 0.717) is 6.54 Å². The molecule has 29 heavy (non-hydrogen) atoms. The van der Waals surface area contributed by atoms with Gasteiger partial charge in [-0.1, -0.05) is 30.3 Å². The van der Waals surface area contributed by atoms with Crippen LogP contribution in [0.4, 0.5) is 0 Å². The van der Waals surface area contributed by atoms with Crippen LogP contribution in [0.25, 0.3) is 0 Å². The Kier molecular flexibility index (Phi) is 12.0. The minimum atomic E-state index is -1.82. The number of rotatable bonds is 10. The Bertz CT molecular complexity index is 731. The first-order valence-corrected chi connectivity index (χ1v) is 9.71. The Balaban J connectivity index is 0.000000612. The van der Waals surface area contributed by atoms with E-state index in [4.69, 9.17) is 29.3 Å². The van der Waals surface area contributed by atoms with Crippen LogP contribution in [0.5, 0.6) is 11.5 Å². The Morgan fingerprint density at radius 2 is 1.66 bits per heavy atom. The number of para-hydroxylation sites is 2. The summed E-state index contributed by atoms with van der Waals surface area (Å²) in [7, 11) is 1.68. The lowest BCUT2D eigenvalue weighted by molar-refractivity contribution is -0.159. The monoisotopic (exact) mass is 423 g/mol. The fourth-order valence-electron chi connectivity index (χ4n) is 2.01. The molecule has 0 saturated carbocycles. The number of aliphatic hydroxyl groups is 1. The summed E-state index contributed by atoms with van der Waals surface area (Å²) in [6.07, 6.45) is -0.522. The van der Waals surface area contributed by atoms with E-state index < -0.39 is 18.0 Å². The van der Waals surface area contributed by atoms with Crippen molar-refractivity contribution in [3.05, 3.63) is 54.6 Å². The number of ether oxygens (including phenoxy) is 2. The summed E-state index contributed by atoms with van der Waals surface area (Å²) in [5.41, 5.74) is 0. The van der Waals surface area contributed by atoms with Crippen molar-refractivity contribution in [3.63, 3.8) is 0 Å². The van der Waals surface area contributed by atoms with Crippen molar-refractivity contribution in [2.75, 3.05) is 32.6 Å². The second-order valence-corrected chi connectivity index (χ2v) is 6.73. The van der Waals surface area contributed by atoms with Crippen LogP contribution in [0.3, 0.4) is 0 Å². The van der Waals surface area contributed by atoms with Gasteiger partial charge in [-0.3, -0.25) is 0 Å². The third-order valence-electron chi connectivity index (χ3n) is 3.35. The molecule has 1 atom stereocenters. The van der Waals surface area contributed by atoms with Gasteiger partial charge >= 0.3 is 11.9 Å². The van der Waals surface area contributed by atoms with E-state index in [-0.39, 0.29) is 6.61 Å².